The van der Waals surface area contributed by atoms with Gasteiger partial charge in [-0.25, -0.2) is 0 Å². The molecule has 0 amide bonds. The summed E-state index contributed by atoms with van der Waals surface area (Å²) in [5, 5.41) is 0. The first-order valence-corrected chi connectivity index (χ1v) is 6.42. The predicted molar refractivity (Wildman–Crippen MR) is 84.0 cm³/mol. The first-order valence-electron chi connectivity index (χ1n) is 6.42. The normalized spacial score (nSPS) is 10.7. The van der Waals surface area contributed by atoms with Crippen LogP contribution >= 0.6 is 0 Å². The molecule has 104 valence electrons. The van der Waals surface area contributed by atoms with Crippen molar-refractivity contribution in [2.45, 2.75) is 41.0 Å². The average molecular weight is 251 g/mol. The fourth-order valence-electron chi connectivity index (χ4n) is 0.970. The molecular weight excluding hydrogens is 222 g/mol. The number of rotatable bonds is 6. The molecular formula is C16H29NO. The SMILES string of the molecule is C=C/C(=C\C(C=C)=C(/C=C)ON)CC.CC.CC. The molecule has 0 atom stereocenters. The largest absolute Gasteiger partial charge is 0.411 e. The van der Waals surface area contributed by atoms with E-state index in [0.717, 1.165) is 17.6 Å². The number of hydrogen-bond acceptors (Lipinski definition) is 2. The molecule has 2 N–H and O–H groups in total. The van der Waals surface area contributed by atoms with Crippen LogP contribution in [0.5, 0.6) is 0 Å². The fourth-order valence-corrected chi connectivity index (χ4v) is 0.970. The van der Waals surface area contributed by atoms with Crippen molar-refractivity contribution in [2.24, 2.45) is 5.90 Å². The van der Waals surface area contributed by atoms with Crippen molar-refractivity contribution in [2.75, 3.05) is 0 Å². The van der Waals surface area contributed by atoms with Crippen molar-refractivity contribution >= 4 is 0 Å². The molecule has 0 spiro atoms. The maximum atomic E-state index is 5.09. The van der Waals surface area contributed by atoms with Gasteiger partial charge in [-0.1, -0.05) is 66.5 Å². The molecule has 0 saturated carbocycles. The summed E-state index contributed by atoms with van der Waals surface area (Å²) in [4.78, 5) is 4.65. The lowest BCUT2D eigenvalue weighted by Crippen LogP contribution is -1.99. The molecule has 0 aromatic rings. The molecule has 0 radical (unpaired) electrons. The van der Waals surface area contributed by atoms with Gasteiger partial charge in [0.25, 0.3) is 0 Å². The minimum absolute atomic E-state index is 0.507. The maximum absolute atomic E-state index is 5.09. The summed E-state index contributed by atoms with van der Waals surface area (Å²) in [6.07, 6.45) is 7.83. The molecule has 0 saturated heterocycles. The lowest BCUT2D eigenvalue weighted by atomic mass is 10.1. The molecule has 18 heavy (non-hydrogen) atoms. The Morgan fingerprint density at radius 3 is 1.72 bits per heavy atom. The highest BCUT2D eigenvalue weighted by Gasteiger charge is 1.98. The summed E-state index contributed by atoms with van der Waals surface area (Å²) in [7, 11) is 0. The summed E-state index contributed by atoms with van der Waals surface area (Å²) in [6.45, 7) is 21.0. The highest BCUT2D eigenvalue weighted by atomic mass is 16.6. The van der Waals surface area contributed by atoms with Crippen LogP contribution in [0.25, 0.3) is 0 Å². The Labute approximate surface area is 113 Å². The number of nitrogens with two attached hydrogens (primary N) is 1. The van der Waals surface area contributed by atoms with Crippen LogP contribution in [0.3, 0.4) is 0 Å². The molecule has 0 aromatic carbocycles. The van der Waals surface area contributed by atoms with Gasteiger partial charge in [0.15, 0.2) is 5.76 Å². The molecule has 0 aliphatic rings. The zero-order valence-corrected chi connectivity index (χ0v) is 12.6. The van der Waals surface area contributed by atoms with Gasteiger partial charge in [0.2, 0.25) is 0 Å². The Morgan fingerprint density at radius 1 is 1.00 bits per heavy atom. The maximum Gasteiger partial charge on any atom is 0.153 e. The third-order valence-corrected chi connectivity index (χ3v) is 1.83. The number of hydrogen-bond donors (Lipinski definition) is 1. The molecule has 0 unspecified atom stereocenters. The van der Waals surface area contributed by atoms with Crippen LogP contribution in [0, 0.1) is 0 Å². The second-order valence-electron chi connectivity index (χ2n) is 2.62. The van der Waals surface area contributed by atoms with Crippen LogP contribution in [0.4, 0.5) is 0 Å². The minimum Gasteiger partial charge on any atom is -0.411 e. The number of allylic oxidation sites excluding steroid dienone is 6. The predicted octanol–water partition coefficient (Wildman–Crippen LogP) is 5.08. The smallest absolute Gasteiger partial charge is 0.153 e. The summed E-state index contributed by atoms with van der Waals surface area (Å²) in [5.74, 6) is 5.59. The van der Waals surface area contributed by atoms with E-state index in [4.69, 9.17) is 5.90 Å². The lowest BCUT2D eigenvalue weighted by molar-refractivity contribution is 0.232. The van der Waals surface area contributed by atoms with Gasteiger partial charge < -0.3 is 4.84 Å². The first kappa shape index (κ1) is 21.7. The van der Waals surface area contributed by atoms with Crippen LogP contribution in [0.1, 0.15) is 41.0 Å². The van der Waals surface area contributed by atoms with Crippen LogP contribution in [0.2, 0.25) is 0 Å². The van der Waals surface area contributed by atoms with Gasteiger partial charge in [-0.3, -0.25) is 0 Å². The highest BCUT2D eigenvalue weighted by molar-refractivity contribution is 5.40. The first-order chi connectivity index (χ1) is 8.73. The van der Waals surface area contributed by atoms with Crippen molar-refractivity contribution in [3.05, 3.63) is 60.9 Å². The fraction of sp³-hybridized carbons (Fsp3) is 0.375. The van der Waals surface area contributed by atoms with Crippen molar-refractivity contribution in [1.82, 2.24) is 0 Å². The van der Waals surface area contributed by atoms with Gasteiger partial charge in [-0.2, -0.15) is 5.90 Å². The molecule has 0 aliphatic heterocycles. The molecule has 2 heteroatoms. The summed E-state index contributed by atoms with van der Waals surface area (Å²) in [6, 6.07) is 0. The summed E-state index contributed by atoms with van der Waals surface area (Å²) < 4.78 is 0. The Bertz CT molecular complexity index is 285. The van der Waals surface area contributed by atoms with Crippen molar-refractivity contribution < 1.29 is 4.84 Å². The van der Waals surface area contributed by atoms with Crippen LogP contribution < -0.4 is 5.90 Å². The summed E-state index contributed by atoms with van der Waals surface area (Å²) >= 11 is 0. The van der Waals surface area contributed by atoms with Crippen LogP contribution in [-0.2, 0) is 4.84 Å². The van der Waals surface area contributed by atoms with E-state index in [1.807, 2.05) is 40.7 Å². The van der Waals surface area contributed by atoms with Crippen LogP contribution in [-0.4, -0.2) is 0 Å². The van der Waals surface area contributed by atoms with Crippen molar-refractivity contribution in [3.63, 3.8) is 0 Å². The quantitative estimate of drug-likeness (QED) is 0.406. The zero-order valence-electron chi connectivity index (χ0n) is 12.6. The van der Waals surface area contributed by atoms with E-state index in [9.17, 15) is 0 Å². The molecule has 0 aromatic heterocycles. The molecule has 0 fully saturated rings. The van der Waals surface area contributed by atoms with Crippen LogP contribution in [0.15, 0.2) is 60.9 Å². The molecule has 2 nitrogen and oxygen atoms in total. The van der Waals surface area contributed by atoms with E-state index in [-0.39, 0.29) is 0 Å². The van der Waals surface area contributed by atoms with Crippen molar-refractivity contribution in [3.8, 4) is 0 Å². The topological polar surface area (TPSA) is 35.2 Å². The van der Waals surface area contributed by atoms with Gasteiger partial charge in [0, 0.05) is 5.57 Å². The van der Waals surface area contributed by atoms with E-state index in [1.165, 1.54) is 0 Å². The second-order valence-corrected chi connectivity index (χ2v) is 2.62. The highest BCUT2D eigenvalue weighted by Crippen LogP contribution is 2.13. The van der Waals surface area contributed by atoms with Gasteiger partial charge in [0.05, 0.1) is 0 Å². The van der Waals surface area contributed by atoms with Gasteiger partial charge in [-0.05, 0) is 24.1 Å². The van der Waals surface area contributed by atoms with E-state index in [1.54, 1.807) is 18.2 Å². The molecule has 0 bridgehead atoms. The molecule has 0 heterocycles. The monoisotopic (exact) mass is 251 g/mol. The van der Waals surface area contributed by atoms with Crippen molar-refractivity contribution in [1.29, 1.82) is 0 Å². The van der Waals surface area contributed by atoms with Gasteiger partial charge >= 0.3 is 0 Å². The molecule has 0 rings (SSSR count). The minimum atomic E-state index is 0.507. The van der Waals surface area contributed by atoms with E-state index >= 15 is 0 Å². The Hall–Kier alpha value is -1.54. The van der Waals surface area contributed by atoms with E-state index in [0.29, 0.717) is 5.76 Å². The third kappa shape index (κ3) is 9.67. The average Bonchev–Trinajstić information content (AvgIpc) is 2.47. The molecule has 0 aliphatic carbocycles. The Kier molecular flexibility index (Phi) is 21.5. The second kappa shape index (κ2) is 17.8. The Balaban J connectivity index is -0.000000506. The zero-order chi connectivity index (χ0) is 15.0. The third-order valence-electron chi connectivity index (χ3n) is 1.83. The lowest BCUT2D eigenvalue weighted by Gasteiger charge is -2.04. The summed E-state index contributed by atoms with van der Waals surface area (Å²) in [5.41, 5.74) is 1.90. The Morgan fingerprint density at radius 2 is 1.50 bits per heavy atom. The standard InChI is InChI=1S/C12H17NO.2C2H6/c1-5-10(6-2)9-11(7-3)12(8-4)14-13;2*1-2/h5,7-9H,1,3-4,6,13H2,2H3;2*1-2H3/b10-9+,12-11+;;. The van der Waals surface area contributed by atoms with E-state index in [2.05, 4.69) is 24.6 Å². The van der Waals surface area contributed by atoms with Gasteiger partial charge in [0.1, 0.15) is 0 Å². The van der Waals surface area contributed by atoms with Gasteiger partial charge in [-0.15, -0.1) is 0 Å². The van der Waals surface area contributed by atoms with E-state index < -0.39 is 0 Å².